The summed E-state index contributed by atoms with van der Waals surface area (Å²) in [6.45, 7) is 9.98. The third-order valence-electron chi connectivity index (χ3n) is 13.5. The van der Waals surface area contributed by atoms with E-state index in [9.17, 15) is 23.4 Å². The largest absolute Gasteiger partial charge is 0.393 e. The van der Waals surface area contributed by atoms with Crippen LogP contribution in [0.4, 0.5) is 4.79 Å². The van der Waals surface area contributed by atoms with E-state index in [1.807, 2.05) is 24.3 Å². The number of urea groups is 1. The van der Waals surface area contributed by atoms with Crippen molar-refractivity contribution in [2.75, 3.05) is 6.54 Å². The fraction of sp³-hybridized carbons (Fsp3) is 0.703. The molecule has 0 radical (unpaired) electrons. The zero-order chi connectivity index (χ0) is 32.1. The molecule has 8 heteroatoms. The van der Waals surface area contributed by atoms with E-state index in [1.165, 1.54) is 31.7 Å². The van der Waals surface area contributed by atoms with Gasteiger partial charge in [-0.1, -0.05) is 64.4 Å². The number of aliphatic hydroxyl groups is 2. The monoisotopic (exact) mass is 638 g/mol. The topological polar surface area (TPSA) is 116 Å². The minimum absolute atomic E-state index is 0.0719. The first-order chi connectivity index (χ1) is 21.4. The molecule has 0 aliphatic heterocycles. The molecule has 45 heavy (non-hydrogen) atoms. The van der Waals surface area contributed by atoms with E-state index in [0.29, 0.717) is 42.1 Å². The van der Waals surface area contributed by atoms with Crippen LogP contribution in [-0.2, 0) is 10.0 Å². The van der Waals surface area contributed by atoms with Crippen molar-refractivity contribution in [2.24, 2.45) is 52.3 Å². The van der Waals surface area contributed by atoms with Crippen LogP contribution in [0.1, 0.15) is 91.9 Å². The number of benzene rings is 2. The Labute approximate surface area is 270 Å². The first-order valence-corrected chi connectivity index (χ1v) is 19.0. The maximum atomic E-state index is 12.8. The molecule has 0 bridgehead atoms. The molecule has 4 aliphatic rings. The van der Waals surface area contributed by atoms with Crippen LogP contribution < -0.4 is 10.0 Å². The van der Waals surface area contributed by atoms with E-state index in [1.54, 1.807) is 12.1 Å². The Morgan fingerprint density at radius 1 is 0.956 bits per heavy atom. The van der Waals surface area contributed by atoms with Crippen LogP contribution >= 0.6 is 0 Å². The molecule has 4 saturated carbocycles. The molecule has 2 aromatic carbocycles. The molecule has 0 saturated heterocycles. The van der Waals surface area contributed by atoms with Gasteiger partial charge in [0.2, 0.25) is 0 Å². The Morgan fingerprint density at radius 3 is 2.42 bits per heavy atom. The zero-order valence-electron chi connectivity index (χ0n) is 27.5. The minimum Gasteiger partial charge on any atom is -0.393 e. The van der Waals surface area contributed by atoms with Gasteiger partial charge in [0.15, 0.2) is 0 Å². The van der Waals surface area contributed by atoms with Crippen LogP contribution in [0, 0.1) is 52.3 Å². The minimum atomic E-state index is -3.97. The first-order valence-electron chi connectivity index (χ1n) is 17.5. The van der Waals surface area contributed by atoms with Gasteiger partial charge in [-0.15, -0.1) is 0 Å². The highest BCUT2D eigenvalue weighted by Gasteiger charge is 2.64. The molecule has 4 N–H and O–H groups in total. The number of sulfonamides is 1. The summed E-state index contributed by atoms with van der Waals surface area (Å²) in [5.41, 5.74) is 0.416. The van der Waals surface area contributed by atoms with Gasteiger partial charge in [-0.3, -0.25) is 0 Å². The average molecular weight is 639 g/mol. The molecule has 11 atom stereocenters. The quantitative estimate of drug-likeness (QED) is 0.236. The van der Waals surface area contributed by atoms with E-state index in [-0.39, 0.29) is 33.9 Å². The van der Waals surface area contributed by atoms with Gasteiger partial charge in [0.25, 0.3) is 10.0 Å². The summed E-state index contributed by atoms with van der Waals surface area (Å²) in [6.07, 6.45) is 9.79. The molecular formula is C37H54N2O5S. The number of aliphatic hydroxyl groups excluding tert-OH is 2. The highest BCUT2D eigenvalue weighted by atomic mass is 32.2. The molecule has 2 amide bonds. The molecule has 248 valence electrons. The highest BCUT2D eigenvalue weighted by Crippen LogP contribution is 2.69. The summed E-state index contributed by atoms with van der Waals surface area (Å²) >= 11 is 0. The molecule has 4 fully saturated rings. The van der Waals surface area contributed by atoms with Crippen molar-refractivity contribution in [1.82, 2.24) is 10.0 Å². The Hall–Kier alpha value is -2.16. The van der Waals surface area contributed by atoms with Crippen LogP contribution in [0.5, 0.6) is 0 Å². The average Bonchev–Trinajstić information content (AvgIpc) is 3.37. The normalized spacial score (nSPS) is 38.5. The lowest BCUT2D eigenvalue weighted by atomic mass is 9.41. The van der Waals surface area contributed by atoms with Crippen LogP contribution in [0.2, 0.25) is 0 Å². The molecule has 0 spiro atoms. The summed E-state index contributed by atoms with van der Waals surface area (Å²) in [4.78, 5) is 12.6. The van der Waals surface area contributed by atoms with E-state index in [4.69, 9.17) is 0 Å². The van der Waals surface area contributed by atoms with Crippen LogP contribution in [0.25, 0.3) is 10.8 Å². The van der Waals surface area contributed by atoms with Crippen LogP contribution in [0.3, 0.4) is 0 Å². The van der Waals surface area contributed by atoms with Gasteiger partial charge in [0.05, 0.1) is 17.1 Å². The Bertz CT molecular complexity index is 1500. The summed E-state index contributed by atoms with van der Waals surface area (Å²) in [6, 6.07) is 11.7. The first kappa shape index (κ1) is 32.8. The smallest absolute Gasteiger partial charge is 0.328 e. The second kappa shape index (κ2) is 12.5. The van der Waals surface area contributed by atoms with Crippen molar-refractivity contribution in [1.29, 1.82) is 0 Å². The van der Waals surface area contributed by atoms with Gasteiger partial charge in [0, 0.05) is 6.54 Å². The zero-order valence-corrected chi connectivity index (χ0v) is 28.4. The fourth-order valence-electron chi connectivity index (χ4n) is 11.3. The number of hydrogen-bond donors (Lipinski definition) is 4. The number of nitrogens with one attached hydrogen (secondary N) is 2. The van der Waals surface area contributed by atoms with Gasteiger partial charge in [0.1, 0.15) is 0 Å². The van der Waals surface area contributed by atoms with Crippen molar-refractivity contribution in [3.8, 4) is 0 Å². The number of amides is 2. The number of fused-ring (bicyclic) bond motifs is 6. The molecule has 0 aromatic heterocycles. The van der Waals surface area contributed by atoms with Crippen molar-refractivity contribution < 1.29 is 23.4 Å². The number of rotatable bonds is 8. The van der Waals surface area contributed by atoms with E-state index in [0.717, 1.165) is 49.3 Å². The summed E-state index contributed by atoms with van der Waals surface area (Å²) in [5, 5.41) is 27.0. The molecular weight excluding hydrogens is 584 g/mol. The maximum Gasteiger partial charge on any atom is 0.328 e. The molecule has 4 aliphatic carbocycles. The standard InChI is InChI=1S/C37H54N2O5S/c1-5-28-32-22-26(40)16-18-37(32,4)31-17-19-36(3)29(14-15-30(36)33(31)34(28)41)23(2)9-8-20-38-35(42)39-45(43,44)27-13-12-24-10-6-7-11-25(24)21-27/h6-7,10-13,21,23,26,28-34,40-41H,5,8-9,14-20,22H2,1-4H3,(H2,38,39,42)/t23-,26-,28-,29+,30?,31?,32?,33?,34-,36?,37?/m1/s1. The van der Waals surface area contributed by atoms with Crippen LogP contribution in [-0.4, -0.2) is 43.4 Å². The van der Waals surface area contributed by atoms with Crippen molar-refractivity contribution >= 4 is 26.8 Å². The number of carbonyl (C=O) groups excluding carboxylic acids is 1. The Morgan fingerprint density at radius 2 is 1.67 bits per heavy atom. The predicted octanol–water partition coefficient (Wildman–Crippen LogP) is 6.87. The van der Waals surface area contributed by atoms with Gasteiger partial charge < -0.3 is 15.5 Å². The van der Waals surface area contributed by atoms with Crippen LogP contribution in [0.15, 0.2) is 47.4 Å². The van der Waals surface area contributed by atoms with E-state index < -0.39 is 16.1 Å². The molecule has 6 rings (SSSR count). The number of carbonyl (C=O) groups is 1. The summed E-state index contributed by atoms with van der Waals surface area (Å²) in [5.74, 6) is 3.16. The summed E-state index contributed by atoms with van der Waals surface area (Å²) in [7, 11) is -3.97. The summed E-state index contributed by atoms with van der Waals surface area (Å²) < 4.78 is 27.9. The van der Waals surface area contributed by atoms with Gasteiger partial charge in [-0.25, -0.2) is 17.9 Å². The fourth-order valence-corrected chi connectivity index (χ4v) is 12.3. The molecule has 7 nitrogen and oxygen atoms in total. The van der Waals surface area contributed by atoms with Gasteiger partial charge in [-0.05, 0) is 133 Å². The lowest BCUT2D eigenvalue weighted by Crippen LogP contribution is -2.62. The molecule has 0 heterocycles. The third-order valence-corrected chi connectivity index (χ3v) is 14.9. The second-order valence-corrected chi connectivity index (χ2v) is 17.3. The Balaban J connectivity index is 1.04. The van der Waals surface area contributed by atoms with Crippen molar-refractivity contribution in [2.45, 2.75) is 109 Å². The van der Waals surface area contributed by atoms with E-state index in [2.05, 4.69) is 37.7 Å². The third kappa shape index (κ3) is 5.82. The highest BCUT2D eigenvalue weighted by molar-refractivity contribution is 7.90. The number of hydrogen-bond acceptors (Lipinski definition) is 5. The van der Waals surface area contributed by atoms with Gasteiger partial charge in [-0.2, -0.15) is 0 Å². The Kier molecular flexibility index (Phi) is 9.07. The SMILES string of the molecule is CC[C@@H]1C2C[C@H](O)CCC2(C)C2CCC3(C)C(CC[C@H]3[C@H](C)CCCNC(=O)NS(=O)(=O)c3ccc4ccccc4c3)C2[C@@H]1O. The lowest BCUT2D eigenvalue weighted by molar-refractivity contribution is -0.203. The lowest BCUT2D eigenvalue weighted by Gasteiger charge is -2.64. The predicted molar refractivity (Wildman–Crippen MR) is 178 cm³/mol. The van der Waals surface area contributed by atoms with Gasteiger partial charge >= 0.3 is 6.03 Å². The molecule has 2 aromatic rings. The maximum absolute atomic E-state index is 12.8. The van der Waals surface area contributed by atoms with Crippen molar-refractivity contribution in [3.63, 3.8) is 0 Å². The molecule has 6 unspecified atom stereocenters. The van der Waals surface area contributed by atoms with Crippen molar-refractivity contribution in [3.05, 3.63) is 42.5 Å². The second-order valence-electron chi connectivity index (χ2n) is 15.6. The van der Waals surface area contributed by atoms with E-state index >= 15 is 0 Å².